The lowest BCUT2D eigenvalue weighted by atomic mass is 10.0. The fraction of sp³-hybridized carbons (Fsp3) is 0.462. The van der Waals surface area contributed by atoms with Crippen LogP contribution in [0.1, 0.15) is 24.0 Å². The zero-order valence-electron chi connectivity index (χ0n) is 9.48. The smallest absolute Gasteiger partial charge is 0.101 e. The number of rotatable bonds is 1. The van der Waals surface area contributed by atoms with Crippen LogP contribution in [0.3, 0.4) is 0 Å². The molecule has 0 saturated carbocycles. The highest BCUT2D eigenvalue weighted by Gasteiger charge is 2.19. The van der Waals surface area contributed by atoms with E-state index >= 15 is 0 Å². The zero-order valence-corrected chi connectivity index (χ0v) is 9.48. The van der Waals surface area contributed by atoms with Crippen molar-refractivity contribution in [1.82, 2.24) is 0 Å². The monoisotopic (exact) mass is 216 g/mol. The van der Waals surface area contributed by atoms with Crippen LogP contribution in [0.2, 0.25) is 0 Å². The van der Waals surface area contributed by atoms with Gasteiger partial charge < -0.3 is 10.0 Å². The van der Waals surface area contributed by atoms with Crippen LogP contribution in [0.5, 0.6) is 0 Å². The number of benzene rings is 1. The van der Waals surface area contributed by atoms with Gasteiger partial charge in [0.1, 0.15) is 6.07 Å². The van der Waals surface area contributed by atoms with Crippen molar-refractivity contribution >= 4 is 5.69 Å². The highest BCUT2D eigenvalue weighted by atomic mass is 16.3. The average Bonchev–Trinajstić information content (AvgIpc) is 2.28. The third-order valence-corrected chi connectivity index (χ3v) is 3.01. The van der Waals surface area contributed by atoms with Crippen LogP contribution in [0.15, 0.2) is 18.2 Å². The number of anilines is 1. The second kappa shape index (κ2) is 4.54. The van der Waals surface area contributed by atoms with E-state index in [9.17, 15) is 5.11 Å². The minimum Gasteiger partial charge on any atom is -0.391 e. The summed E-state index contributed by atoms with van der Waals surface area (Å²) in [7, 11) is 0. The highest BCUT2D eigenvalue weighted by molar-refractivity contribution is 5.60. The van der Waals surface area contributed by atoms with Crippen molar-refractivity contribution in [3.63, 3.8) is 0 Å². The highest BCUT2D eigenvalue weighted by Crippen LogP contribution is 2.24. The molecule has 3 heteroatoms. The Morgan fingerprint density at radius 2 is 2.31 bits per heavy atom. The fourth-order valence-corrected chi connectivity index (χ4v) is 2.19. The van der Waals surface area contributed by atoms with E-state index in [0.29, 0.717) is 12.1 Å². The van der Waals surface area contributed by atoms with Crippen molar-refractivity contribution in [3.05, 3.63) is 29.3 Å². The summed E-state index contributed by atoms with van der Waals surface area (Å²) in [6.07, 6.45) is 1.59. The number of β-amino-alcohol motifs (C(OH)–C–C–N with tert-alkyl or cyclic N) is 1. The van der Waals surface area contributed by atoms with Gasteiger partial charge in [0.05, 0.1) is 17.4 Å². The molecule has 0 spiro atoms. The summed E-state index contributed by atoms with van der Waals surface area (Å²) in [5, 5.41) is 18.7. The van der Waals surface area contributed by atoms with Gasteiger partial charge in [0.2, 0.25) is 0 Å². The molecule has 1 aromatic carbocycles. The number of piperidine rings is 1. The molecule has 1 unspecified atom stereocenters. The maximum atomic E-state index is 9.63. The molecular weight excluding hydrogens is 200 g/mol. The Morgan fingerprint density at radius 3 is 3.00 bits per heavy atom. The second-order valence-electron chi connectivity index (χ2n) is 4.37. The van der Waals surface area contributed by atoms with Gasteiger partial charge >= 0.3 is 0 Å². The summed E-state index contributed by atoms with van der Waals surface area (Å²) >= 11 is 0. The number of hydrogen-bond donors (Lipinski definition) is 1. The standard InChI is InChI=1S/C13H16N2O/c1-10-4-5-13(11(7-10)8-14)15-6-2-3-12(16)9-15/h4-5,7,12,16H,2-3,6,9H2,1H3. The Hall–Kier alpha value is -1.53. The summed E-state index contributed by atoms with van der Waals surface area (Å²) in [5.74, 6) is 0. The van der Waals surface area contributed by atoms with E-state index in [1.807, 2.05) is 25.1 Å². The summed E-state index contributed by atoms with van der Waals surface area (Å²) in [5.41, 5.74) is 2.75. The topological polar surface area (TPSA) is 47.3 Å². The molecule has 0 aromatic heterocycles. The van der Waals surface area contributed by atoms with E-state index in [4.69, 9.17) is 5.26 Å². The molecule has 1 aliphatic rings. The first-order valence-electron chi connectivity index (χ1n) is 5.64. The lowest BCUT2D eigenvalue weighted by Crippen LogP contribution is -2.38. The van der Waals surface area contributed by atoms with Crippen molar-refractivity contribution in [2.45, 2.75) is 25.9 Å². The number of aliphatic hydroxyl groups excluding tert-OH is 1. The Balaban J connectivity index is 2.29. The van der Waals surface area contributed by atoms with Gasteiger partial charge in [0, 0.05) is 13.1 Å². The van der Waals surface area contributed by atoms with Crippen LogP contribution >= 0.6 is 0 Å². The first-order chi connectivity index (χ1) is 7.70. The Morgan fingerprint density at radius 1 is 1.50 bits per heavy atom. The molecule has 0 bridgehead atoms. The fourth-order valence-electron chi connectivity index (χ4n) is 2.19. The SMILES string of the molecule is Cc1ccc(N2CCCC(O)C2)c(C#N)c1. The van der Waals surface area contributed by atoms with Crippen molar-refractivity contribution in [2.75, 3.05) is 18.0 Å². The molecule has 16 heavy (non-hydrogen) atoms. The third kappa shape index (κ3) is 2.17. The first kappa shape index (κ1) is 11.0. The van der Waals surface area contributed by atoms with Gasteiger partial charge in [-0.15, -0.1) is 0 Å². The Labute approximate surface area is 95.9 Å². The van der Waals surface area contributed by atoms with E-state index in [0.717, 1.165) is 30.6 Å². The lowest BCUT2D eigenvalue weighted by Gasteiger charge is -2.32. The second-order valence-corrected chi connectivity index (χ2v) is 4.37. The molecular formula is C13H16N2O. The minimum absolute atomic E-state index is 0.262. The van der Waals surface area contributed by atoms with Crippen LogP contribution in [0, 0.1) is 18.3 Å². The predicted octanol–water partition coefficient (Wildman–Crippen LogP) is 1.83. The van der Waals surface area contributed by atoms with Gasteiger partial charge in [-0.2, -0.15) is 5.26 Å². The van der Waals surface area contributed by atoms with Gasteiger partial charge in [-0.3, -0.25) is 0 Å². The Kier molecular flexibility index (Phi) is 3.12. The maximum absolute atomic E-state index is 9.63. The van der Waals surface area contributed by atoms with E-state index in [1.165, 1.54) is 0 Å². The number of aliphatic hydroxyl groups is 1. The molecule has 0 radical (unpaired) electrons. The van der Waals surface area contributed by atoms with Crippen LogP contribution in [-0.2, 0) is 0 Å². The van der Waals surface area contributed by atoms with Gasteiger partial charge in [0.15, 0.2) is 0 Å². The summed E-state index contributed by atoms with van der Waals surface area (Å²) in [6.45, 7) is 3.54. The molecule has 0 amide bonds. The van der Waals surface area contributed by atoms with E-state index in [-0.39, 0.29) is 6.10 Å². The molecule has 1 aliphatic heterocycles. The molecule has 1 aromatic rings. The van der Waals surface area contributed by atoms with Crippen LogP contribution in [-0.4, -0.2) is 24.3 Å². The zero-order chi connectivity index (χ0) is 11.5. The summed E-state index contributed by atoms with van der Waals surface area (Å²) in [6, 6.07) is 8.11. The number of nitrogens with zero attached hydrogens (tertiary/aromatic N) is 2. The third-order valence-electron chi connectivity index (χ3n) is 3.01. The summed E-state index contributed by atoms with van der Waals surface area (Å²) < 4.78 is 0. The van der Waals surface area contributed by atoms with Gasteiger partial charge in [-0.25, -0.2) is 0 Å². The molecule has 2 rings (SSSR count). The number of nitriles is 1. The normalized spacial score (nSPS) is 20.6. The van der Waals surface area contributed by atoms with Gasteiger partial charge in [-0.05, 0) is 37.5 Å². The van der Waals surface area contributed by atoms with Crippen LogP contribution < -0.4 is 4.90 Å². The first-order valence-corrected chi connectivity index (χ1v) is 5.64. The lowest BCUT2D eigenvalue weighted by molar-refractivity contribution is 0.154. The van der Waals surface area contributed by atoms with Gasteiger partial charge in [-0.1, -0.05) is 6.07 Å². The van der Waals surface area contributed by atoms with E-state index < -0.39 is 0 Å². The van der Waals surface area contributed by atoms with Crippen molar-refractivity contribution in [2.24, 2.45) is 0 Å². The van der Waals surface area contributed by atoms with Gasteiger partial charge in [0.25, 0.3) is 0 Å². The summed E-state index contributed by atoms with van der Waals surface area (Å²) in [4.78, 5) is 2.10. The number of hydrogen-bond acceptors (Lipinski definition) is 3. The molecule has 0 aliphatic carbocycles. The quantitative estimate of drug-likeness (QED) is 0.779. The van der Waals surface area contributed by atoms with Crippen molar-refractivity contribution in [3.8, 4) is 6.07 Å². The van der Waals surface area contributed by atoms with E-state index in [2.05, 4.69) is 11.0 Å². The maximum Gasteiger partial charge on any atom is 0.101 e. The predicted molar refractivity (Wildman–Crippen MR) is 63.3 cm³/mol. The van der Waals surface area contributed by atoms with Crippen LogP contribution in [0.25, 0.3) is 0 Å². The number of aryl methyl sites for hydroxylation is 1. The molecule has 1 atom stereocenters. The molecule has 84 valence electrons. The molecule has 3 nitrogen and oxygen atoms in total. The van der Waals surface area contributed by atoms with Crippen molar-refractivity contribution < 1.29 is 5.11 Å². The minimum atomic E-state index is -0.262. The van der Waals surface area contributed by atoms with E-state index in [1.54, 1.807) is 0 Å². The average molecular weight is 216 g/mol. The van der Waals surface area contributed by atoms with Crippen LogP contribution in [0.4, 0.5) is 5.69 Å². The molecule has 1 heterocycles. The molecule has 1 saturated heterocycles. The molecule has 1 fully saturated rings. The largest absolute Gasteiger partial charge is 0.391 e. The van der Waals surface area contributed by atoms with Crippen molar-refractivity contribution in [1.29, 1.82) is 5.26 Å². The Bertz CT molecular complexity index is 422. The molecule has 1 N–H and O–H groups in total.